The maximum atomic E-state index is 12.3. The molecule has 1 heterocycles. The van der Waals surface area contributed by atoms with Gasteiger partial charge in [0.25, 0.3) is 0 Å². The lowest BCUT2D eigenvalue weighted by molar-refractivity contribution is 0.187. The molecule has 0 aromatic carbocycles. The average Bonchev–Trinajstić information content (AvgIpc) is 2.45. The second-order valence-corrected chi connectivity index (χ2v) is 8.53. The molecule has 96 valence electrons. The lowest BCUT2D eigenvalue weighted by Crippen LogP contribution is -2.47. The summed E-state index contributed by atoms with van der Waals surface area (Å²) >= 11 is 0. The summed E-state index contributed by atoms with van der Waals surface area (Å²) in [7, 11) is -3.33. The zero-order chi connectivity index (χ0) is 12.7. The average molecular weight is 249 g/mol. The van der Waals surface area contributed by atoms with E-state index in [4.69, 9.17) is 0 Å². The SMILES string of the molecule is CC(C)[C@@H]1C[C@H](O)CN1S(=O)(=O)C(C)(C)C. The highest BCUT2D eigenvalue weighted by molar-refractivity contribution is 7.90. The van der Waals surface area contributed by atoms with Crippen LogP contribution in [0, 0.1) is 5.92 Å². The van der Waals surface area contributed by atoms with Crippen LogP contribution in [0.2, 0.25) is 0 Å². The largest absolute Gasteiger partial charge is 0.392 e. The monoisotopic (exact) mass is 249 g/mol. The summed E-state index contributed by atoms with van der Waals surface area (Å²) in [5.74, 6) is 0.231. The van der Waals surface area contributed by atoms with Gasteiger partial charge in [-0.15, -0.1) is 0 Å². The highest BCUT2D eigenvalue weighted by atomic mass is 32.2. The first-order valence-corrected chi connectivity index (χ1v) is 7.21. The Kier molecular flexibility index (Phi) is 3.72. The first-order valence-electron chi connectivity index (χ1n) is 5.77. The van der Waals surface area contributed by atoms with Crippen molar-refractivity contribution in [1.82, 2.24) is 4.31 Å². The van der Waals surface area contributed by atoms with Crippen molar-refractivity contribution < 1.29 is 13.5 Å². The Balaban J connectivity index is 3.04. The predicted molar refractivity (Wildman–Crippen MR) is 64.6 cm³/mol. The van der Waals surface area contributed by atoms with Gasteiger partial charge in [0.05, 0.1) is 10.9 Å². The van der Waals surface area contributed by atoms with Gasteiger partial charge in [0.15, 0.2) is 0 Å². The number of aliphatic hydroxyl groups excluding tert-OH is 1. The van der Waals surface area contributed by atoms with Crippen LogP contribution in [-0.4, -0.2) is 41.3 Å². The van der Waals surface area contributed by atoms with Gasteiger partial charge < -0.3 is 5.11 Å². The van der Waals surface area contributed by atoms with Crippen molar-refractivity contribution in [2.45, 2.75) is 57.9 Å². The van der Waals surface area contributed by atoms with E-state index < -0.39 is 20.9 Å². The lowest BCUT2D eigenvalue weighted by Gasteiger charge is -2.32. The zero-order valence-electron chi connectivity index (χ0n) is 10.8. The van der Waals surface area contributed by atoms with Crippen LogP contribution < -0.4 is 0 Å². The fourth-order valence-corrected chi connectivity index (χ4v) is 3.80. The van der Waals surface area contributed by atoms with Gasteiger partial charge in [-0.2, -0.15) is 4.31 Å². The van der Waals surface area contributed by atoms with E-state index in [9.17, 15) is 13.5 Å². The van der Waals surface area contributed by atoms with Gasteiger partial charge >= 0.3 is 0 Å². The molecule has 0 radical (unpaired) electrons. The molecule has 1 aliphatic rings. The standard InChI is InChI=1S/C11H23NO3S/c1-8(2)10-6-9(13)7-12(10)16(14,15)11(3,4)5/h8-10,13H,6-7H2,1-5H3/t9-,10-/m0/s1. The number of hydrogen-bond acceptors (Lipinski definition) is 3. The molecule has 1 rings (SSSR count). The summed E-state index contributed by atoms with van der Waals surface area (Å²) < 4.78 is 25.3. The summed E-state index contributed by atoms with van der Waals surface area (Å²) in [6.45, 7) is 9.32. The molecule has 0 aliphatic carbocycles. The van der Waals surface area contributed by atoms with Crippen molar-refractivity contribution in [2.75, 3.05) is 6.54 Å². The number of hydrogen-bond donors (Lipinski definition) is 1. The fraction of sp³-hybridized carbons (Fsp3) is 1.00. The normalized spacial score (nSPS) is 28.9. The number of rotatable bonds is 2. The molecule has 0 aromatic rings. The lowest BCUT2D eigenvalue weighted by atomic mass is 10.0. The first kappa shape index (κ1) is 13.9. The predicted octanol–water partition coefficient (Wildman–Crippen LogP) is 1.21. The van der Waals surface area contributed by atoms with E-state index in [0.717, 1.165) is 0 Å². The summed E-state index contributed by atoms with van der Waals surface area (Å²) in [4.78, 5) is 0. The first-order chi connectivity index (χ1) is 7.07. The Bertz CT molecular complexity index is 343. The summed E-state index contributed by atoms with van der Waals surface area (Å²) in [5, 5.41) is 9.64. The Labute approximate surface area is 98.7 Å². The quantitative estimate of drug-likeness (QED) is 0.800. The van der Waals surface area contributed by atoms with Gasteiger partial charge in [0, 0.05) is 12.6 Å². The number of nitrogens with zero attached hydrogens (tertiary/aromatic N) is 1. The molecule has 4 nitrogen and oxygen atoms in total. The maximum Gasteiger partial charge on any atom is 0.219 e. The third-order valence-corrected chi connectivity index (χ3v) is 5.71. The highest BCUT2D eigenvalue weighted by Crippen LogP contribution is 2.32. The van der Waals surface area contributed by atoms with Crippen molar-refractivity contribution in [2.24, 2.45) is 5.92 Å². The van der Waals surface area contributed by atoms with Crippen LogP contribution in [0.15, 0.2) is 0 Å². The van der Waals surface area contributed by atoms with Gasteiger partial charge in [-0.25, -0.2) is 8.42 Å². The second kappa shape index (κ2) is 4.27. The molecule has 5 heteroatoms. The molecule has 0 unspecified atom stereocenters. The van der Waals surface area contributed by atoms with E-state index in [-0.39, 0.29) is 18.5 Å². The van der Waals surface area contributed by atoms with E-state index >= 15 is 0 Å². The van der Waals surface area contributed by atoms with Gasteiger partial charge in [-0.05, 0) is 33.1 Å². The Morgan fingerprint density at radius 3 is 2.19 bits per heavy atom. The van der Waals surface area contributed by atoms with Crippen LogP contribution in [0.3, 0.4) is 0 Å². The van der Waals surface area contributed by atoms with Crippen LogP contribution in [0.1, 0.15) is 41.0 Å². The van der Waals surface area contributed by atoms with Crippen LogP contribution in [-0.2, 0) is 10.0 Å². The fourth-order valence-electron chi connectivity index (χ4n) is 2.05. The molecule has 1 saturated heterocycles. The van der Waals surface area contributed by atoms with E-state index in [1.807, 2.05) is 13.8 Å². The van der Waals surface area contributed by atoms with Crippen LogP contribution >= 0.6 is 0 Å². The molecule has 1 fully saturated rings. The topological polar surface area (TPSA) is 57.6 Å². The second-order valence-electron chi connectivity index (χ2n) is 5.89. The van der Waals surface area contributed by atoms with E-state index in [1.165, 1.54) is 4.31 Å². The summed E-state index contributed by atoms with van der Waals surface area (Å²) in [6, 6.07) is -0.0702. The van der Waals surface area contributed by atoms with Crippen LogP contribution in [0.25, 0.3) is 0 Å². The smallest absolute Gasteiger partial charge is 0.219 e. The van der Waals surface area contributed by atoms with Crippen molar-refractivity contribution in [3.8, 4) is 0 Å². The number of sulfonamides is 1. The van der Waals surface area contributed by atoms with Gasteiger partial charge in [0.1, 0.15) is 0 Å². The van der Waals surface area contributed by atoms with Crippen LogP contribution in [0.5, 0.6) is 0 Å². The minimum atomic E-state index is -3.33. The molecule has 16 heavy (non-hydrogen) atoms. The Hall–Kier alpha value is -0.130. The minimum absolute atomic E-state index is 0.0702. The maximum absolute atomic E-state index is 12.3. The minimum Gasteiger partial charge on any atom is -0.392 e. The summed E-state index contributed by atoms with van der Waals surface area (Å²) in [6.07, 6.45) is 0.0250. The summed E-state index contributed by atoms with van der Waals surface area (Å²) in [5.41, 5.74) is 0. The van der Waals surface area contributed by atoms with Gasteiger partial charge in [-0.1, -0.05) is 13.8 Å². The molecular weight excluding hydrogens is 226 g/mol. The van der Waals surface area contributed by atoms with Crippen molar-refractivity contribution >= 4 is 10.0 Å². The zero-order valence-corrected chi connectivity index (χ0v) is 11.6. The third-order valence-electron chi connectivity index (χ3n) is 3.13. The van der Waals surface area contributed by atoms with Crippen molar-refractivity contribution in [3.05, 3.63) is 0 Å². The molecule has 2 atom stereocenters. The van der Waals surface area contributed by atoms with E-state index in [0.29, 0.717) is 6.42 Å². The third kappa shape index (κ3) is 2.41. The molecular formula is C11H23NO3S. The molecule has 1 N–H and O–H groups in total. The van der Waals surface area contributed by atoms with E-state index in [2.05, 4.69) is 0 Å². The highest BCUT2D eigenvalue weighted by Gasteiger charge is 2.45. The molecule has 0 amide bonds. The Morgan fingerprint density at radius 2 is 1.81 bits per heavy atom. The Morgan fingerprint density at radius 1 is 1.31 bits per heavy atom. The molecule has 0 spiro atoms. The van der Waals surface area contributed by atoms with Gasteiger partial charge in [-0.3, -0.25) is 0 Å². The molecule has 0 bridgehead atoms. The van der Waals surface area contributed by atoms with Crippen molar-refractivity contribution in [1.29, 1.82) is 0 Å². The van der Waals surface area contributed by atoms with E-state index in [1.54, 1.807) is 20.8 Å². The van der Waals surface area contributed by atoms with Crippen molar-refractivity contribution in [3.63, 3.8) is 0 Å². The molecule has 0 aromatic heterocycles. The number of aliphatic hydroxyl groups is 1. The van der Waals surface area contributed by atoms with Crippen LogP contribution in [0.4, 0.5) is 0 Å². The number of β-amino-alcohol motifs (C(OH)–C–C–N with tert-alkyl or cyclic N) is 1. The van der Waals surface area contributed by atoms with Gasteiger partial charge in [0.2, 0.25) is 10.0 Å². The molecule has 1 aliphatic heterocycles. The molecule has 0 saturated carbocycles.